The van der Waals surface area contributed by atoms with Gasteiger partial charge in [-0.2, -0.15) is 0 Å². The molecular weight excluding hydrogens is 435 g/mol. The summed E-state index contributed by atoms with van der Waals surface area (Å²) in [6.45, 7) is 1.67. The van der Waals surface area contributed by atoms with E-state index in [0.29, 0.717) is 16.8 Å². The van der Waals surface area contributed by atoms with E-state index in [1.165, 1.54) is 50.5 Å². The Balaban J connectivity index is 1.72. The van der Waals surface area contributed by atoms with Gasteiger partial charge in [0, 0.05) is 25.3 Å². The van der Waals surface area contributed by atoms with Gasteiger partial charge in [-0.3, -0.25) is 4.79 Å². The van der Waals surface area contributed by atoms with Crippen molar-refractivity contribution >= 4 is 32.7 Å². The Bertz CT molecular complexity index is 1430. The number of halogens is 1. The monoisotopic (exact) mass is 454 g/mol. The number of hydrogen-bond acceptors (Lipinski definition) is 6. The fraction of sp³-hybridized carbons (Fsp3) is 0.136. The minimum atomic E-state index is -3.59. The molecule has 8 nitrogen and oxygen atoms in total. The summed E-state index contributed by atoms with van der Waals surface area (Å²) >= 11 is 0. The Hall–Kier alpha value is -3.63. The van der Waals surface area contributed by atoms with Crippen molar-refractivity contribution < 1.29 is 22.1 Å². The summed E-state index contributed by atoms with van der Waals surface area (Å²) in [4.78, 5) is 17.5. The van der Waals surface area contributed by atoms with Gasteiger partial charge >= 0.3 is 0 Å². The molecule has 1 amide bonds. The number of nitrogens with one attached hydrogen (secondary N) is 1. The summed E-state index contributed by atoms with van der Waals surface area (Å²) in [6, 6.07) is 13.4. The average molecular weight is 454 g/mol. The van der Waals surface area contributed by atoms with Crippen molar-refractivity contribution in [2.24, 2.45) is 0 Å². The van der Waals surface area contributed by atoms with Crippen LogP contribution in [0.1, 0.15) is 16.1 Å². The van der Waals surface area contributed by atoms with Crippen molar-refractivity contribution in [3.8, 4) is 11.3 Å². The van der Waals surface area contributed by atoms with Crippen molar-refractivity contribution in [3.63, 3.8) is 0 Å². The molecule has 1 N–H and O–H groups in total. The predicted molar refractivity (Wildman–Crippen MR) is 117 cm³/mol. The predicted octanol–water partition coefficient (Wildman–Crippen LogP) is 3.84. The number of fused-ring (bicyclic) bond motifs is 1. The van der Waals surface area contributed by atoms with E-state index in [0.717, 1.165) is 4.31 Å². The van der Waals surface area contributed by atoms with E-state index in [2.05, 4.69) is 15.5 Å². The molecule has 0 saturated carbocycles. The van der Waals surface area contributed by atoms with Gasteiger partial charge in [0.05, 0.1) is 27.2 Å². The largest absolute Gasteiger partial charge is 0.335 e. The van der Waals surface area contributed by atoms with E-state index in [-0.39, 0.29) is 27.4 Å². The normalized spacial score (nSPS) is 11.8. The molecule has 10 heteroatoms. The zero-order valence-electron chi connectivity index (χ0n) is 17.5. The molecule has 0 aliphatic carbocycles. The van der Waals surface area contributed by atoms with E-state index in [1.54, 1.807) is 25.1 Å². The molecule has 32 heavy (non-hydrogen) atoms. The van der Waals surface area contributed by atoms with Crippen LogP contribution < -0.4 is 5.32 Å². The lowest BCUT2D eigenvalue weighted by molar-refractivity contribution is 0.102. The number of pyridine rings is 1. The molecule has 0 bridgehead atoms. The van der Waals surface area contributed by atoms with Crippen LogP contribution in [0.5, 0.6) is 0 Å². The molecule has 0 unspecified atom stereocenters. The first-order valence-corrected chi connectivity index (χ1v) is 11.0. The van der Waals surface area contributed by atoms with Gasteiger partial charge in [0.25, 0.3) is 11.6 Å². The molecule has 164 valence electrons. The molecule has 0 radical (unpaired) electrons. The van der Waals surface area contributed by atoms with Crippen LogP contribution in [0, 0.1) is 12.7 Å². The highest BCUT2D eigenvalue weighted by molar-refractivity contribution is 7.89. The number of benzene rings is 2. The number of hydrogen-bond donors (Lipinski definition) is 1. The first-order valence-electron chi connectivity index (χ1n) is 9.54. The van der Waals surface area contributed by atoms with Gasteiger partial charge < -0.3 is 9.84 Å². The fourth-order valence-corrected chi connectivity index (χ4v) is 4.10. The molecule has 2 aromatic carbocycles. The second kappa shape index (κ2) is 8.13. The van der Waals surface area contributed by atoms with E-state index in [9.17, 15) is 17.6 Å². The number of carbonyl (C=O) groups excluding carboxylic acids is 1. The Morgan fingerprint density at radius 1 is 1.09 bits per heavy atom. The van der Waals surface area contributed by atoms with Crippen LogP contribution in [-0.4, -0.2) is 42.9 Å². The van der Waals surface area contributed by atoms with Crippen LogP contribution in [0.3, 0.4) is 0 Å². The smallest absolute Gasteiger partial charge is 0.259 e. The van der Waals surface area contributed by atoms with Gasteiger partial charge in [-0.1, -0.05) is 17.3 Å². The quantitative estimate of drug-likeness (QED) is 0.491. The Kier molecular flexibility index (Phi) is 5.49. The van der Waals surface area contributed by atoms with E-state index < -0.39 is 21.7 Å². The number of aryl methyl sites for hydroxylation is 1. The molecule has 2 aromatic heterocycles. The SMILES string of the molecule is Cc1noc2nc(-c3ccccc3F)cc(C(=O)Nc3ccc(S(=O)(=O)N(C)C)cc3)c12. The van der Waals surface area contributed by atoms with Gasteiger partial charge in [0.15, 0.2) is 0 Å². The zero-order valence-corrected chi connectivity index (χ0v) is 18.3. The Morgan fingerprint density at radius 3 is 2.44 bits per heavy atom. The first kappa shape index (κ1) is 21.6. The maximum atomic E-state index is 14.3. The van der Waals surface area contributed by atoms with Crippen molar-refractivity contribution in [2.45, 2.75) is 11.8 Å². The number of sulfonamides is 1. The minimum absolute atomic E-state index is 0.100. The number of rotatable bonds is 5. The molecule has 0 aliphatic rings. The summed E-state index contributed by atoms with van der Waals surface area (Å²) in [5.74, 6) is -0.982. The number of amides is 1. The van der Waals surface area contributed by atoms with Crippen LogP contribution in [0.4, 0.5) is 10.1 Å². The van der Waals surface area contributed by atoms with E-state index in [1.807, 2.05) is 0 Å². The van der Waals surface area contributed by atoms with Crippen LogP contribution in [0.2, 0.25) is 0 Å². The van der Waals surface area contributed by atoms with Gasteiger partial charge in [-0.15, -0.1) is 0 Å². The van der Waals surface area contributed by atoms with Crippen LogP contribution in [0.25, 0.3) is 22.4 Å². The molecule has 0 fully saturated rings. The Labute approximate surface area is 183 Å². The second-order valence-corrected chi connectivity index (χ2v) is 9.40. The van der Waals surface area contributed by atoms with Crippen LogP contribution >= 0.6 is 0 Å². The van der Waals surface area contributed by atoms with Crippen LogP contribution in [0.15, 0.2) is 64.0 Å². The number of anilines is 1. The van der Waals surface area contributed by atoms with E-state index >= 15 is 0 Å². The summed E-state index contributed by atoms with van der Waals surface area (Å²) in [7, 11) is -0.708. The third-order valence-electron chi connectivity index (χ3n) is 4.90. The molecule has 0 atom stereocenters. The topological polar surface area (TPSA) is 105 Å². The third kappa shape index (κ3) is 3.85. The average Bonchev–Trinajstić information content (AvgIpc) is 3.14. The summed E-state index contributed by atoms with van der Waals surface area (Å²) < 4.78 is 45.1. The number of aromatic nitrogens is 2. The summed E-state index contributed by atoms with van der Waals surface area (Å²) in [5.41, 5.74) is 1.61. The molecule has 4 rings (SSSR count). The number of nitrogens with zero attached hydrogens (tertiary/aromatic N) is 3. The molecule has 0 spiro atoms. The van der Waals surface area contributed by atoms with Gasteiger partial charge in [0.1, 0.15) is 5.82 Å². The highest BCUT2D eigenvalue weighted by atomic mass is 32.2. The lowest BCUT2D eigenvalue weighted by Gasteiger charge is -2.12. The van der Waals surface area contributed by atoms with Crippen molar-refractivity contribution in [3.05, 3.63) is 71.7 Å². The lowest BCUT2D eigenvalue weighted by Crippen LogP contribution is -2.22. The molecule has 4 aromatic rings. The molecular formula is C22H19FN4O4S. The maximum absolute atomic E-state index is 14.3. The van der Waals surface area contributed by atoms with Gasteiger partial charge in [0.2, 0.25) is 10.0 Å². The molecule has 2 heterocycles. The lowest BCUT2D eigenvalue weighted by atomic mass is 10.0. The second-order valence-electron chi connectivity index (χ2n) is 7.25. The zero-order chi connectivity index (χ0) is 23.0. The fourth-order valence-electron chi connectivity index (χ4n) is 3.20. The van der Waals surface area contributed by atoms with Crippen molar-refractivity contribution in [1.82, 2.24) is 14.4 Å². The van der Waals surface area contributed by atoms with Gasteiger partial charge in [-0.05, 0) is 49.4 Å². The van der Waals surface area contributed by atoms with Crippen molar-refractivity contribution in [2.75, 3.05) is 19.4 Å². The molecule has 0 saturated heterocycles. The summed E-state index contributed by atoms with van der Waals surface area (Å²) in [6.07, 6.45) is 0. The molecule has 0 aliphatic heterocycles. The van der Waals surface area contributed by atoms with Crippen molar-refractivity contribution in [1.29, 1.82) is 0 Å². The van der Waals surface area contributed by atoms with Gasteiger partial charge in [-0.25, -0.2) is 22.1 Å². The number of carbonyl (C=O) groups is 1. The highest BCUT2D eigenvalue weighted by Gasteiger charge is 2.21. The maximum Gasteiger partial charge on any atom is 0.259 e. The first-order chi connectivity index (χ1) is 15.2. The Morgan fingerprint density at radius 2 is 1.78 bits per heavy atom. The standard InChI is InChI=1S/C22H19FN4O4S/c1-13-20-17(12-19(25-22(20)31-26-13)16-6-4-5-7-18(16)23)21(28)24-14-8-10-15(11-9-14)32(29,30)27(2)3/h4-12H,1-3H3,(H,24,28). The highest BCUT2D eigenvalue weighted by Crippen LogP contribution is 2.29. The third-order valence-corrected chi connectivity index (χ3v) is 6.73. The van der Waals surface area contributed by atoms with Crippen LogP contribution in [-0.2, 0) is 10.0 Å². The summed E-state index contributed by atoms with van der Waals surface area (Å²) in [5, 5.41) is 7.02. The minimum Gasteiger partial charge on any atom is -0.335 e. The van der Waals surface area contributed by atoms with E-state index in [4.69, 9.17) is 4.52 Å².